The molecule has 48 valence electrons. The molecule has 0 radical (unpaired) electrons. The number of hydrogen-bond donors (Lipinski definition) is 0. The van der Waals surface area contributed by atoms with Gasteiger partial charge in [-0.3, -0.25) is 15.0 Å². The summed E-state index contributed by atoms with van der Waals surface area (Å²) in [6.45, 7) is 0. The summed E-state index contributed by atoms with van der Waals surface area (Å²) in [5, 5.41) is 0.500. The number of aromatic nitrogens is 3. The van der Waals surface area contributed by atoms with Crippen molar-refractivity contribution < 1.29 is 88.7 Å². The Kier molecular flexibility index (Phi) is 17.1. The quantitative estimate of drug-likeness (QED) is 0.333. The summed E-state index contributed by atoms with van der Waals surface area (Å²) in [7, 11) is 0. The van der Waals surface area contributed by atoms with Crippen LogP contribution in [0, 0.1) is 0 Å². The minimum absolute atomic E-state index is 0. The van der Waals surface area contributed by atoms with E-state index in [1.165, 1.54) is 0 Å². The van der Waals surface area contributed by atoms with Crippen molar-refractivity contribution in [3.05, 3.63) is 0 Å². The third-order valence-corrected chi connectivity index (χ3v) is 1.12. The van der Waals surface area contributed by atoms with Crippen LogP contribution in [-0.2, 0) is 37.9 Å². The van der Waals surface area contributed by atoms with E-state index in [1.54, 1.807) is 0 Å². The van der Waals surface area contributed by atoms with Gasteiger partial charge in [0, 0.05) is 15.5 Å². The van der Waals surface area contributed by atoms with Crippen LogP contribution in [0.15, 0.2) is 15.5 Å². The van der Waals surface area contributed by atoms with Crippen molar-refractivity contribution in [2.75, 3.05) is 0 Å². The van der Waals surface area contributed by atoms with E-state index < -0.39 is 0 Å². The predicted octanol–water partition coefficient (Wildman–Crippen LogP) is -9.40. The van der Waals surface area contributed by atoms with Crippen molar-refractivity contribution in [1.82, 2.24) is 15.0 Å². The summed E-state index contributed by atoms with van der Waals surface area (Å²) in [4.78, 5) is 10.7. The molecule has 0 aliphatic carbocycles. The molecule has 0 amide bonds. The van der Waals surface area contributed by atoms with Gasteiger partial charge in [0.25, 0.3) is 0 Å². The first-order chi connectivity index (χ1) is 4.18. The first-order valence-electron chi connectivity index (χ1n) is 1.95. The van der Waals surface area contributed by atoms with Gasteiger partial charge < -0.3 is 37.9 Å². The molecule has 12 heavy (non-hydrogen) atoms. The minimum Gasteiger partial charge on any atom is -0.740 e. The Morgan fingerprint density at radius 3 is 0.917 bits per heavy atom. The van der Waals surface area contributed by atoms with E-state index in [2.05, 4.69) is 52.8 Å². The summed E-state index contributed by atoms with van der Waals surface area (Å²) in [5.41, 5.74) is 0. The number of nitrogens with zero attached hydrogens (tertiary/aromatic N) is 3. The zero-order valence-corrected chi connectivity index (χ0v) is 15.5. The first kappa shape index (κ1) is 20.1. The van der Waals surface area contributed by atoms with E-state index in [4.69, 9.17) is 0 Å². The van der Waals surface area contributed by atoms with Crippen LogP contribution in [0.2, 0.25) is 0 Å². The molecule has 1 aromatic rings. The second kappa shape index (κ2) is 10.2. The van der Waals surface area contributed by atoms with Crippen molar-refractivity contribution in [1.29, 1.82) is 0 Å². The molecule has 0 atom stereocenters. The van der Waals surface area contributed by atoms with Crippen LogP contribution >= 0.6 is 0 Å². The van der Waals surface area contributed by atoms with Gasteiger partial charge in [0.2, 0.25) is 0 Å². The van der Waals surface area contributed by atoms with Crippen molar-refractivity contribution >= 4 is 37.9 Å². The van der Waals surface area contributed by atoms with Gasteiger partial charge in [-0.1, -0.05) is 0 Å². The van der Waals surface area contributed by atoms with E-state index >= 15 is 0 Å². The molecule has 0 aliphatic heterocycles. The van der Waals surface area contributed by atoms with Crippen molar-refractivity contribution in [2.45, 2.75) is 15.5 Å². The van der Waals surface area contributed by atoms with Crippen LogP contribution in [-0.4, -0.2) is 15.0 Å². The SMILES string of the molecule is [Na+].[Na+].[Na+].[S-]c1nc([S-])nc([S-])n1. The molecule has 0 bridgehead atoms. The summed E-state index contributed by atoms with van der Waals surface area (Å²) < 4.78 is 0. The van der Waals surface area contributed by atoms with E-state index in [0.717, 1.165) is 0 Å². The normalized spacial score (nSPS) is 7.00. The van der Waals surface area contributed by atoms with Gasteiger partial charge in [0.1, 0.15) is 0 Å². The maximum absolute atomic E-state index is 4.59. The average Bonchev–Trinajstić information content (AvgIpc) is 1.59. The molecule has 9 heteroatoms. The summed E-state index contributed by atoms with van der Waals surface area (Å²) >= 11 is 13.8. The molecule has 0 saturated carbocycles. The van der Waals surface area contributed by atoms with Gasteiger partial charge in [-0.05, 0) is 0 Å². The smallest absolute Gasteiger partial charge is 0.740 e. The topological polar surface area (TPSA) is 38.7 Å². The number of hydrogen-bond acceptors (Lipinski definition) is 6. The van der Waals surface area contributed by atoms with Crippen molar-refractivity contribution in [3.63, 3.8) is 0 Å². The van der Waals surface area contributed by atoms with Crippen LogP contribution in [0.4, 0.5) is 0 Å². The molecule has 0 spiro atoms. The molecule has 0 unspecified atom stereocenters. The second-order valence-corrected chi connectivity index (χ2v) is 2.28. The summed E-state index contributed by atoms with van der Waals surface area (Å²) in [6, 6.07) is 0. The molecule has 0 fully saturated rings. The first-order valence-corrected chi connectivity index (χ1v) is 3.18. The minimum atomic E-state index is 0. The molecule has 1 rings (SSSR count). The van der Waals surface area contributed by atoms with Crippen LogP contribution in [0.1, 0.15) is 0 Å². The maximum Gasteiger partial charge on any atom is 1.00 e. The second-order valence-electron chi connectivity index (χ2n) is 1.18. The van der Waals surface area contributed by atoms with Crippen molar-refractivity contribution in [2.24, 2.45) is 0 Å². The van der Waals surface area contributed by atoms with E-state index in [0.29, 0.717) is 0 Å². The van der Waals surface area contributed by atoms with Gasteiger partial charge in [0.15, 0.2) is 0 Å². The third kappa shape index (κ3) is 8.02. The van der Waals surface area contributed by atoms with Gasteiger partial charge in [0.05, 0.1) is 0 Å². The van der Waals surface area contributed by atoms with Crippen LogP contribution in [0.3, 0.4) is 0 Å². The van der Waals surface area contributed by atoms with E-state index in [1.807, 2.05) is 0 Å². The zero-order valence-electron chi connectivity index (χ0n) is 7.07. The fourth-order valence-corrected chi connectivity index (χ4v) is 1.01. The van der Waals surface area contributed by atoms with Gasteiger partial charge in [-0.15, -0.1) is 0 Å². The third-order valence-electron chi connectivity index (χ3n) is 0.574. The molecule has 0 saturated heterocycles. The molecular formula is C3N3Na3S3. The Labute approximate surface area is 154 Å². The van der Waals surface area contributed by atoms with Crippen LogP contribution in [0.5, 0.6) is 0 Å². The Morgan fingerprint density at radius 1 is 0.583 bits per heavy atom. The fourth-order valence-electron chi connectivity index (χ4n) is 0.320. The molecule has 1 heterocycles. The standard InChI is InChI=1S/C3H3N3S3.3Na/c7-1-4-2(8)6-3(9)5-1;;;/h(H3,4,5,6,7,8,9);;;/q;3*+1/p-3. The fraction of sp³-hybridized carbons (Fsp3) is 0. The molecule has 0 N–H and O–H groups in total. The average molecular weight is 243 g/mol. The van der Waals surface area contributed by atoms with Crippen molar-refractivity contribution in [3.8, 4) is 0 Å². The predicted molar refractivity (Wildman–Crippen MR) is 36.7 cm³/mol. The largest absolute Gasteiger partial charge is 1.00 e. The van der Waals surface area contributed by atoms with Gasteiger partial charge in [-0.25, -0.2) is 0 Å². The zero-order chi connectivity index (χ0) is 6.85. The summed E-state index contributed by atoms with van der Waals surface area (Å²) in [6.07, 6.45) is 0. The van der Waals surface area contributed by atoms with E-state index in [9.17, 15) is 0 Å². The van der Waals surface area contributed by atoms with Crippen LogP contribution < -0.4 is 88.7 Å². The Hall–Kier alpha value is 2.67. The van der Waals surface area contributed by atoms with Gasteiger partial charge >= 0.3 is 88.7 Å². The molecule has 1 aromatic heterocycles. The maximum atomic E-state index is 4.59. The van der Waals surface area contributed by atoms with E-state index in [-0.39, 0.29) is 104 Å². The number of rotatable bonds is 0. The Balaban J connectivity index is -0.000000270. The molecule has 3 nitrogen and oxygen atoms in total. The summed E-state index contributed by atoms with van der Waals surface area (Å²) in [5.74, 6) is 0. The Morgan fingerprint density at radius 2 is 0.750 bits per heavy atom. The van der Waals surface area contributed by atoms with Gasteiger partial charge in [-0.2, -0.15) is 0 Å². The Bertz CT molecular complexity index is 185. The van der Waals surface area contributed by atoms with Crippen LogP contribution in [0.25, 0.3) is 0 Å². The monoisotopic (exact) mass is 243 g/mol. The molecule has 0 aromatic carbocycles. The molecular weight excluding hydrogens is 243 g/mol. The molecule has 0 aliphatic rings.